The van der Waals surface area contributed by atoms with Gasteiger partial charge in [0.2, 0.25) is 20.8 Å². The fourth-order valence-electron chi connectivity index (χ4n) is 17.4. The molecule has 6 aliphatic heterocycles. The number of Topliss-reactive ketones (excluding diaryl/α,β-unsaturated/α-hetero) is 1. The van der Waals surface area contributed by atoms with Gasteiger partial charge in [-0.1, -0.05) is 44.9 Å². The number of allylic oxidation sites excluding steroid dienone is 3. The quantitative estimate of drug-likeness (QED) is 0.0127. The van der Waals surface area contributed by atoms with Crippen molar-refractivity contribution in [1.29, 1.82) is 0 Å². The second-order valence-corrected chi connectivity index (χ2v) is 30.2. The van der Waals surface area contributed by atoms with Gasteiger partial charge in [-0.3, -0.25) is 18.0 Å². The van der Waals surface area contributed by atoms with Crippen LogP contribution in [0.4, 0.5) is 0 Å². The van der Waals surface area contributed by atoms with Gasteiger partial charge in [-0.15, -0.1) is 6.58 Å². The van der Waals surface area contributed by atoms with Crippen LogP contribution in [0.25, 0.3) is 0 Å². The van der Waals surface area contributed by atoms with E-state index in [4.69, 9.17) is 61.0 Å². The average Bonchev–Trinajstić information content (AvgIpc) is 1.52. The summed E-state index contributed by atoms with van der Waals surface area (Å²) < 4.78 is 153. The summed E-state index contributed by atoms with van der Waals surface area (Å²) in [6.45, 7) is 13.9. The molecule has 32 nitrogen and oxygen atoms in total. The van der Waals surface area contributed by atoms with Crippen LogP contribution in [0, 0.1) is 39.4 Å². The molecule has 36 heteroatoms. The van der Waals surface area contributed by atoms with Crippen LogP contribution < -0.4 is 59.1 Å². The summed E-state index contributed by atoms with van der Waals surface area (Å²) in [5, 5.41) is 112. The van der Waals surface area contributed by atoms with E-state index in [0.717, 1.165) is 24.7 Å². The zero-order valence-electron chi connectivity index (χ0n) is 54.8. The third-order valence-electron chi connectivity index (χ3n) is 22.0. The summed E-state index contributed by atoms with van der Waals surface area (Å²) in [6.07, 6.45) is -38.1. The molecule has 6 heterocycles. The third-order valence-corrected chi connectivity index (χ3v) is 22.9. The van der Waals surface area contributed by atoms with Crippen LogP contribution in [0.3, 0.4) is 0 Å². The van der Waals surface area contributed by atoms with E-state index in [2.05, 4.69) is 30.7 Å². The number of esters is 1. The zero-order valence-corrected chi connectivity index (χ0v) is 60.5. The molecular weight excluding hydrogens is 1330 g/mol. The maximum absolute atomic E-state index is 14.5. The zero-order chi connectivity index (χ0) is 68.2. The predicted molar refractivity (Wildman–Crippen MR) is 305 cm³/mol. The number of ether oxygens (including phenoxy) is 12. The average molecular weight is 1420 g/mol. The first-order chi connectivity index (χ1) is 43.4. The minimum Gasteiger partial charge on any atom is -0.726 e. The number of methoxy groups -OCH3 is 1. The normalized spacial score (nSPS) is 48.2. The van der Waals surface area contributed by atoms with Gasteiger partial charge in [-0.25, -0.2) is 16.8 Å². The molecule has 9 fully saturated rings. The predicted octanol–water partition coefficient (Wildman–Crippen LogP) is -8.77. The van der Waals surface area contributed by atoms with Crippen molar-refractivity contribution in [3.05, 3.63) is 23.8 Å². The molecule has 0 radical (unpaired) electrons. The van der Waals surface area contributed by atoms with Crippen LogP contribution in [0.15, 0.2) is 23.8 Å². The molecule has 4 aliphatic carbocycles. The van der Waals surface area contributed by atoms with Gasteiger partial charge in [-0.2, -0.15) is 0 Å². The van der Waals surface area contributed by atoms with Gasteiger partial charge in [-0.05, 0) is 100 Å². The van der Waals surface area contributed by atoms with E-state index < -0.39 is 228 Å². The molecule has 532 valence electrons. The molecule has 6 saturated heterocycles. The van der Waals surface area contributed by atoms with E-state index in [1.165, 1.54) is 6.92 Å². The topological polar surface area (TPSA) is 480 Å². The number of hydrogen-bond acceptors (Lipinski definition) is 32. The summed E-state index contributed by atoms with van der Waals surface area (Å²) in [6, 6.07) is 0. The molecule has 10 aliphatic rings. The molecule has 0 aromatic rings. The minimum atomic E-state index is -5.57. The Balaban J connectivity index is 0.00000578. The van der Waals surface area contributed by atoms with Gasteiger partial charge in [0, 0.05) is 13.5 Å². The summed E-state index contributed by atoms with van der Waals surface area (Å²) in [5.74, 6) is -1.21. The molecule has 0 unspecified atom stereocenters. The van der Waals surface area contributed by atoms with Crippen molar-refractivity contribution >= 4 is 32.6 Å². The Hall–Kier alpha value is -0.480. The van der Waals surface area contributed by atoms with Gasteiger partial charge in [0.1, 0.15) is 115 Å². The van der Waals surface area contributed by atoms with Crippen LogP contribution in [0.5, 0.6) is 0 Å². The molecule has 10 N–H and O–H groups in total. The number of aliphatic hydroxyl groups is 10. The first kappa shape index (κ1) is 80.2. The number of fused-ring (bicyclic) bond motifs is 4. The Labute approximate surface area is 595 Å². The van der Waals surface area contributed by atoms with Crippen LogP contribution in [0.1, 0.15) is 106 Å². The fraction of sp³-hybridized carbons (Fsp3) is 0.898. The second kappa shape index (κ2) is 30.3. The molecule has 0 aromatic carbocycles. The number of rotatable bonds is 21. The van der Waals surface area contributed by atoms with Crippen LogP contribution >= 0.6 is 0 Å². The monoisotopic (exact) mass is 1420 g/mol. The number of carbonyl (C=O) groups excluding carboxylic acids is 2. The Kier molecular flexibility index (Phi) is 25.6. The number of cyclic esters (lactones) is 1. The van der Waals surface area contributed by atoms with Crippen molar-refractivity contribution in [2.45, 2.75) is 259 Å². The van der Waals surface area contributed by atoms with Gasteiger partial charge in [0.15, 0.2) is 31.5 Å². The van der Waals surface area contributed by atoms with E-state index >= 15 is 0 Å². The number of hydrogen-bond donors (Lipinski definition) is 10. The standard InChI is InChI=1S/C59H92O32S2.2Na/c1-24(2)11-10-16-58(8)48-28(61)19-57(7)27-12-13-33-55(4,5)34(15-17-56(33,6)26(27)14-18-59(48,57)54(71)90-58)85-52-46(38(66)32(22-80-52)91-93(75,76)77)89-53-47(88-49-39(67)35(63)29(62)21-79-49)40(68)43(25(3)82-53)86-51-42(70)45(37(65)31(84-51)23-81-92(72,73)74)87-50-41(69)44(78-9)36(64)30(20-60)83-50;;/h14,25,27,29-53,60,62-70H,1,10-13,15-23H2,2-9H3,(H,72,73,74)(H,75,76,77);;/q;2*+1/p-2/t25-,27-,29-,30-,31-,32-,33+,34+,35+,36-,37-,38+,39-,40+,41-,42-,43-,44+,45+,46-,47-,48-,49+,50+,51+,52+,53+,56-,57+,58+,59-;;/m1../s1. The van der Waals surface area contributed by atoms with Crippen LogP contribution in [0.2, 0.25) is 0 Å². The van der Waals surface area contributed by atoms with Crippen molar-refractivity contribution in [2.24, 2.45) is 39.4 Å². The summed E-state index contributed by atoms with van der Waals surface area (Å²) in [5.41, 5.74) is -1.88. The van der Waals surface area contributed by atoms with Crippen LogP contribution in [-0.4, -0.2) is 275 Å². The first-order valence-corrected chi connectivity index (χ1v) is 34.1. The van der Waals surface area contributed by atoms with E-state index in [1.54, 1.807) is 0 Å². The van der Waals surface area contributed by atoms with Gasteiger partial charge < -0.3 is 117 Å². The molecule has 10 rings (SSSR count). The molecular formula is C59H90Na2O32S2. The van der Waals surface area contributed by atoms with Gasteiger partial charge in [0.25, 0.3) is 0 Å². The van der Waals surface area contributed by atoms with Crippen LogP contribution in [-0.2, 0) is 95.6 Å². The first-order valence-electron chi connectivity index (χ1n) is 31.4. The largest absolute Gasteiger partial charge is 1.00 e. The molecule has 0 aromatic heterocycles. The number of aliphatic hydroxyl groups excluding tert-OH is 10. The Morgan fingerprint density at radius 2 is 1.28 bits per heavy atom. The maximum atomic E-state index is 14.5. The summed E-state index contributed by atoms with van der Waals surface area (Å²) >= 11 is 0. The third kappa shape index (κ3) is 15.1. The smallest absolute Gasteiger partial charge is 0.726 e. The van der Waals surface area contributed by atoms with E-state index in [-0.39, 0.29) is 89.1 Å². The van der Waals surface area contributed by atoms with Crippen molar-refractivity contribution in [3.63, 3.8) is 0 Å². The molecule has 31 atom stereocenters. The molecule has 3 saturated carbocycles. The van der Waals surface area contributed by atoms with E-state index in [9.17, 15) is 86.6 Å². The van der Waals surface area contributed by atoms with E-state index in [1.807, 2.05) is 27.7 Å². The fourth-order valence-corrected chi connectivity index (χ4v) is 18.2. The van der Waals surface area contributed by atoms with Crippen molar-refractivity contribution in [1.82, 2.24) is 0 Å². The summed E-state index contributed by atoms with van der Waals surface area (Å²) in [4.78, 5) is 28.9. The molecule has 1 spiro atoms. The summed E-state index contributed by atoms with van der Waals surface area (Å²) in [7, 11) is -9.98. The maximum Gasteiger partial charge on any atom is 1.00 e. The molecule has 95 heavy (non-hydrogen) atoms. The van der Waals surface area contributed by atoms with Crippen molar-refractivity contribution < 1.29 is 211 Å². The van der Waals surface area contributed by atoms with Crippen molar-refractivity contribution in [2.75, 3.05) is 33.5 Å². The van der Waals surface area contributed by atoms with E-state index in [0.29, 0.717) is 44.9 Å². The Morgan fingerprint density at radius 1 is 0.684 bits per heavy atom. The van der Waals surface area contributed by atoms with Gasteiger partial charge in [0.05, 0.1) is 50.0 Å². The SMILES string of the molecule is C=C(C)CCC[C@]1(C)OC(=O)[C@]23CC=C4[C@@H](CC[C@H]5C(C)(C)[C@@H](O[C@@H]6OC[C@@H](OS(=O)(=O)[O-])[C@H](O)[C@H]6O[C@@H]6O[C@H](C)[C@@H](O[C@@H]7O[C@H](COS(=O)(=O)[O-])[C@@H](O)[C@H](O[C@@H]8O[C@H](CO)[C@@H](O)[C@H](OC)[C@H]8O)[C@H]7O)[C@H](O)[C@H]6O[C@@H]6OC[C@@H](O)[C@H](O)[C@H]6O)CC[C@]45C)[C@]2(C)CC(=O)[C@@H]31.[Na+].[Na+]. The minimum absolute atomic E-state index is 0. The van der Waals surface area contributed by atoms with Crippen molar-refractivity contribution in [3.8, 4) is 0 Å². The molecule has 0 bridgehead atoms. The number of ketones is 1. The van der Waals surface area contributed by atoms with Gasteiger partial charge >= 0.3 is 65.1 Å². The second-order valence-electron chi connectivity index (χ2n) is 28.1. The Morgan fingerprint density at radius 3 is 1.92 bits per heavy atom. The Bertz CT molecular complexity index is 2990. The number of carbonyl (C=O) groups is 2. The molecule has 0 amide bonds.